The molecule has 0 aromatic heterocycles. The zero-order chi connectivity index (χ0) is 20.6. The molecule has 0 N–H and O–H groups in total. The Morgan fingerprint density at radius 1 is 1.07 bits per heavy atom. The van der Waals surface area contributed by atoms with E-state index in [1.165, 1.54) is 19.3 Å². The minimum Gasteiger partial charge on any atom is -0.462 e. The van der Waals surface area contributed by atoms with Crippen molar-refractivity contribution in [3.8, 4) is 0 Å². The number of unbranched alkanes of at least 4 members (excludes halogenated alkanes) is 3. The van der Waals surface area contributed by atoms with Crippen molar-refractivity contribution in [1.29, 1.82) is 0 Å². The Labute approximate surface area is 177 Å². The van der Waals surface area contributed by atoms with E-state index in [4.69, 9.17) is 4.74 Å². The Morgan fingerprint density at radius 2 is 1.83 bits per heavy atom. The third-order valence-electron chi connectivity index (χ3n) is 9.30. The molecule has 3 heteroatoms. The molecule has 0 aromatic carbocycles. The summed E-state index contributed by atoms with van der Waals surface area (Å²) in [6, 6.07) is 0. The maximum absolute atomic E-state index is 12.6. The first-order valence-electron chi connectivity index (χ1n) is 12.3. The number of allylic oxidation sites excluding steroid dienone is 1. The fourth-order valence-electron chi connectivity index (χ4n) is 7.44. The van der Waals surface area contributed by atoms with Crippen molar-refractivity contribution in [2.24, 2.45) is 28.6 Å². The first-order valence-corrected chi connectivity index (χ1v) is 12.3. The van der Waals surface area contributed by atoms with Gasteiger partial charge in [0.15, 0.2) is 0 Å². The van der Waals surface area contributed by atoms with Gasteiger partial charge < -0.3 is 4.74 Å². The van der Waals surface area contributed by atoms with Gasteiger partial charge in [-0.25, -0.2) is 0 Å². The van der Waals surface area contributed by atoms with Gasteiger partial charge in [0, 0.05) is 24.7 Å². The number of Topliss-reactive ketones (excluding diaryl/α,β-unsaturated/α-hetero) is 1. The number of carbonyl (C=O) groups excluding carboxylic acids is 2. The van der Waals surface area contributed by atoms with Crippen LogP contribution >= 0.6 is 0 Å². The van der Waals surface area contributed by atoms with Crippen LogP contribution in [0.5, 0.6) is 0 Å². The van der Waals surface area contributed by atoms with Crippen LogP contribution in [0.2, 0.25) is 0 Å². The van der Waals surface area contributed by atoms with Gasteiger partial charge >= 0.3 is 5.97 Å². The summed E-state index contributed by atoms with van der Waals surface area (Å²) in [4.78, 5) is 24.8. The van der Waals surface area contributed by atoms with Crippen LogP contribution in [-0.4, -0.2) is 17.9 Å². The molecule has 0 heterocycles. The fourth-order valence-corrected chi connectivity index (χ4v) is 7.44. The maximum Gasteiger partial charge on any atom is 0.306 e. The summed E-state index contributed by atoms with van der Waals surface area (Å²) in [5.74, 6) is 2.49. The topological polar surface area (TPSA) is 43.4 Å². The van der Waals surface area contributed by atoms with E-state index in [-0.39, 0.29) is 22.9 Å². The van der Waals surface area contributed by atoms with Crippen molar-refractivity contribution in [2.45, 2.75) is 110 Å². The summed E-state index contributed by atoms with van der Waals surface area (Å²) in [7, 11) is 0. The summed E-state index contributed by atoms with van der Waals surface area (Å²) in [5, 5.41) is 0. The fraction of sp³-hybridized carbons (Fsp3) is 0.846. The number of ether oxygens (including phenoxy) is 1. The van der Waals surface area contributed by atoms with Crippen molar-refractivity contribution >= 4 is 11.8 Å². The van der Waals surface area contributed by atoms with Crippen LogP contribution in [0, 0.1) is 28.6 Å². The zero-order valence-electron chi connectivity index (χ0n) is 18.8. The predicted molar refractivity (Wildman–Crippen MR) is 115 cm³/mol. The van der Waals surface area contributed by atoms with Crippen LogP contribution in [-0.2, 0) is 14.3 Å². The Bertz CT molecular complexity index is 679. The minimum absolute atomic E-state index is 0.00175. The Morgan fingerprint density at radius 3 is 2.62 bits per heavy atom. The summed E-state index contributed by atoms with van der Waals surface area (Å²) < 4.78 is 5.88. The highest BCUT2D eigenvalue weighted by Crippen LogP contribution is 2.64. The highest BCUT2D eigenvalue weighted by atomic mass is 16.5. The summed E-state index contributed by atoms with van der Waals surface area (Å²) in [6.07, 6.45) is 16.0. The molecule has 4 rings (SSSR count). The number of fused-ring (bicyclic) bond motifs is 5. The molecule has 0 saturated heterocycles. The Kier molecular flexibility index (Phi) is 5.97. The average Bonchev–Trinajstić information content (AvgIpc) is 3.00. The van der Waals surface area contributed by atoms with Gasteiger partial charge in [0.2, 0.25) is 0 Å². The highest BCUT2D eigenvalue weighted by molar-refractivity contribution is 5.87. The number of hydrogen-bond acceptors (Lipinski definition) is 3. The monoisotopic (exact) mass is 400 g/mol. The largest absolute Gasteiger partial charge is 0.462 e. The van der Waals surface area contributed by atoms with E-state index >= 15 is 0 Å². The van der Waals surface area contributed by atoms with E-state index < -0.39 is 0 Å². The van der Waals surface area contributed by atoms with Gasteiger partial charge in [0.25, 0.3) is 0 Å². The number of carbonyl (C=O) groups is 2. The SMILES string of the molecule is CCCCCCC(=O)O[C@@H]1CC[C@@]2(C)C(=CC[C@@H]3[C@H]2CC[C@]2(C)C(=O)CC[C@H]32)C1. The molecule has 29 heavy (non-hydrogen) atoms. The molecule has 0 amide bonds. The molecule has 0 radical (unpaired) electrons. The molecule has 0 bridgehead atoms. The van der Waals surface area contributed by atoms with Gasteiger partial charge in [-0.05, 0) is 68.1 Å². The lowest BCUT2D eigenvalue weighted by molar-refractivity contribution is -0.151. The summed E-state index contributed by atoms with van der Waals surface area (Å²) >= 11 is 0. The Balaban J connectivity index is 1.39. The molecule has 3 nitrogen and oxygen atoms in total. The van der Waals surface area contributed by atoms with E-state index in [0.717, 1.165) is 57.8 Å². The second-order valence-corrected chi connectivity index (χ2v) is 10.8. The van der Waals surface area contributed by atoms with Crippen molar-refractivity contribution in [3.63, 3.8) is 0 Å². The molecule has 162 valence electrons. The maximum atomic E-state index is 12.6. The van der Waals surface area contributed by atoms with Gasteiger partial charge in [-0.3, -0.25) is 9.59 Å². The lowest BCUT2D eigenvalue weighted by atomic mass is 9.48. The van der Waals surface area contributed by atoms with Gasteiger partial charge in [-0.2, -0.15) is 0 Å². The van der Waals surface area contributed by atoms with Crippen LogP contribution in [0.4, 0.5) is 0 Å². The second kappa shape index (κ2) is 8.19. The quantitative estimate of drug-likeness (QED) is 0.294. The minimum atomic E-state index is -0.0482. The average molecular weight is 401 g/mol. The zero-order valence-corrected chi connectivity index (χ0v) is 18.8. The van der Waals surface area contributed by atoms with Gasteiger partial charge in [-0.15, -0.1) is 0 Å². The third kappa shape index (κ3) is 3.72. The molecular weight excluding hydrogens is 360 g/mol. The molecule has 0 spiro atoms. The van der Waals surface area contributed by atoms with Crippen LogP contribution in [0.15, 0.2) is 11.6 Å². The molecular formula is C26H40O3. The van der Waals surface area contributed by atoms with Gasteiger partial charge in [0.1, 0.15) is 11.9 Å². The molecule has 4 aliphatic carbocycles. The van der Waals surface area contributed by atoms with Crippen molar-refractivity contribution in [3.05, 3.63) is 11.6 Å². The van der Waals surface area contributed by atoms with E-state index in [0.29, 0.717) is 30.0 Å². The molecule has 4 aliphatic rings. The predicted octanol–water partition coefficient (Wildman–Crippen LogP) is 6.40. The van der Waals surface area contributed by atoms with Crippen LogP contribution in [0.25, 0.3) is 0 Å². The summed E-state index contributed by atoms with van der Waals surface area (Å²) in [5.41, 5.74) is 1.74. The van der Waals surface area contributed by atoms with Crippen LogP contribution in [0.1, 0.15) is 104 Å². The third-order valence-corrected chi connectivity index (χ3v) is 9.30. The van der Waals surface area contributed by atoms with Crippen LogP contribution in [0.3, 0.4) is 0 Å². The van der Waals surface area contributed by atoms with Gasteiger partial charge in [-0.1, -0.05) is 51.7 Å². The normalized spacial score (nSPS) is 41.2. The molecule has 0 aromatic rings. The van der Waals surface area contributed by atoms with E-state index in [9.17, 15) is 9.59 Å². The smallest absolute Gasteiger partial charge is 0.306 e. The molecule has 3 fully saturated rings. The lowest BCUT2D eigenvalue weighted by Crippen LogP contribution is -2.50. The van der Waals surface area contributed by atoms with Crippen molar-refractivity contribution < 1.29 is 14.3 Å². The van der Waals surface area contributed by atoms with Crippen molar-refractivity contribution in [2.75, 3.05) is 0 Å². The summed E-state index contributed by atoms with van der Waals surface area (Å²) in [6.45, 7) is 6.91. The molecule has 6 atom stereocenters. The molecule has 3 saturated carbocycles. The Hall–Kier alpha value is -1.12. The van der Waals surface area contributed by atoms with E-state index in [1.807, 2.05) is 0 Å². The number of rotatable bonds is 6. The number of ketones is 1. The number of hydrogen-bond donors (Lipinski definition) is 0. The van der Waals surface area contributed by atoms with Crippen molar-refractivity contribution in [1.82, 2.24) is 0 Å². The first-order chi connectivity index (χ1) is 13.9. The van der Waals surface area contributed by atoms with Gasteiger partial charge in [0.05, 0.1) is 0 Å². The van der Waals surface area contributed by atoms with Crippen LogP contribution < -0.4 is 0 Å². The first kappa shape index (κ1) is 21.1. The molecule has 0 unspecified atom stereocenters. The standard InChI is InChI=1S/C26H40O3/c1-4-5-6-7-8-24(28)29-19-13-15-25(2)18(17-19)9-10-20-21-11-12-23(27)26(21,3)16-14-22(20)25/h9,19-22H,4-8,10-17H2,1-3H3/t19-,20+,21-,22-,25+,26+/m1/s1. The second-order valence-electron chi connectivity index (χ2n) is 10.8. The molecule has 0 aliphatic heterocycles. The highest BCUT2D eigenvalue weighted by Gasteiger charge is 2.58. The van der Waals surface area contributed by atoms with E-state index in [2.05, 4.69) is 26.8 Å². The van der Waals surface area contributed by atoms with E-state index in [1.54, 1.807) is 5.57 Å². The lowest BCUT2D eigenvalue weighted by Gasteiger charge is -2.56. The number of esters is 1.